The highest BCUT2D eigenvalue weighted by Gasteiger charge is 2.56. The summed E-state index contributed by atoms with van der Waals surface area (Å²) in [6, 6.07) is 11.8. The van der Waals surface area contributed by atoms with Crippen molar-refractivity contribution in [3.05, 3.63) is 89.9 Å². The Morgan fingerprint density at radius 2 is 1.44 bits per heavy atom. The first-order chi connectivity index (χ1) is 15.9. The molecule has 0 aliphatic heterocycles. The monoisotopic (exact) mass is 484 g/mol. The van der Waals surface area contributed by atoms with Crippen LogP contribution in [0.3, 0.4) is 0 Å². The average Bonchev–Trinajstić information content (AvgIpc) is 3.20. The lowest BCUT2D eigenvalue weighted by Crippen LogP contribution is -2.47. The molecule has 1 heterocycles. The van der Waals surface area contributed by atoms with Gasteiger partial charge in [-0.05, 0) is 66.2 Å². The molecular weight excluding hydrogens is 469 g/mol. The number of aromatic nitrogens is 2. The van der Waals surface area contributed by atoms with Crippen LogP contribution in [0.5, 0.6) is 5.75 Å². The molecule has 0 aliphatic rings. The third-order valence-electron chi connectivity index (χ3n) is 5.22. The van der Waals surface area contributed by atoms with Crippen LogP contribution in [0.25, 0.3) is 16.6 Å². The number of ether oxygens (including phenoxy) is 1. The summed E-state index contributed by atoms with van der Waals surface area (Å²) in [5, 5.41) is 15.0. The third kappa shape index (κ3) is 4.43. The molecule has 0 saturated carbocycles. The summed E-state index contributed by atoms with van der Waals surface area (Å²) in [6.45, 7) is -1.29. The molecule has 4 aromatic rings. The van der Waals surface area contributed by atoms with Crippen molar-refractivity contribution in [2.24, 2.45) is 0 Å². The van der Waals surface area contributed by atoms with Crippen LogP contribution >= 0.6 is 0 Å². The lowest BCUT2D eigenvalue weighted by molar-refractivity contribution is -0.275. The Bertz CT molecular complexity index is 1300. The SMILES string of the molecule is OC(COc1ccc(C(F)(F)F)cc1)(c1ccc2c(cnn2-c2ccc(F)cc2)c1)C(F)(F)F. The van der Waals surface area contributed by atoms with Gasteiger partial charge in [-0.25, -0.2) is 9.07 Å². The normalized spacial score (nSPS) is 14.2. The van der Waals surface area contributed by atoms with E-state index >= 15 is 0 Å². The van der Waals surface area contributed by atoms with Crippen molar-refractivity contribution < 1.29 is 40.6 Å². The van der Waals surface area contributed by atoms with E-state index in [1.807, 2.05) is 0 Å². The number of aliphatic hydroxyl groups is 1. The van der Waals surface area contributed by atoms with Crippen molar-refractivity contribution in [3.63, 3.8) is 0 Å². The van der Waals surface area contributed by atoms with Gasteiger partial charge in [-0.3, -0.25) is 0 Å². The molecule has 0 bridgehead atoms. The number of benzene rings is 3. The molecule has 0 saturated heterocycles. The summed E-state index contributed by atoms with van der Waals surface area (Å²) in [4.78, 5) is 0. The van der Waals surface area contributed by atoms with E-state index < -0.39 is 41.5 Å². The van der Waals surface area contributed by atoms with Crippen LogP contribution < -0.4 is 4.74 Å². The number of nitrogens with zero attached hydrogens (tertiary/aromatic N) is 2. The molecule has 0 aliphatic carbocycles. The molecule has 178 valence electrons. The van der Waals surface area contributed by atoms with Crippen molar-refractivity contribution >= 4 is 10.9 Å². The molecule has 4 nitrogen and oxygen atoms in total. The van der Waals surface area contributed by atoms with Gasteiger partial charge in [0.05, 0.1) is 23.0 Å². The fourth-order valence-corrected chi connectivity index (χ4v) is 3.33. The van der Waals surface area contributed by atoms with Crippen LogP contribution in [0.15, 0.2) is 72.9 Å². The van der Waals surface area contributed by atoms with Crippen molar-refractivity contribution in [2.75, 3.05) is 6.61 Å². The minimum Gasteiger partial charge on any atom is -0.490 e. The minimum absolute atomic E-state index is 0.263. The lowest BCUT2D eigenvalue weighted by Gasteiger charge is -2.31. The summed E-state index contributed by atoms with van der Waals surface area (Å²) in [6.07, 6.45) is -8.49. The molecule has 1 atom stereocenters. The van der Waals surface area contributed by atoms with Crippen molar-refractivity contribution in [3.8, 4) is 11.4 Å². The van der Waals surface area contributed by atoms with Gasteiger partial charge in [0.1, 0.15) is 18.2 Å². The topological polar surface area (TPSA) is 47.3 Å². The van der Waals surface area contributed by atoms with Crippen molar-refractivity contribution in [1.82, 2.24) is 9.78 Å². The van der Waals surface area contributed by atoms with Crippen molar-refractivity contribution in [1.29, 1.82) is 0 Å². The first kappa shape index (κ1) is 23.6. The highest BCUT2D eigenvalue weighted by molar-refractivity contribution is 5.81. The molecule has 4 rings (SSSR count). The maximum Gasteiger partial charge on any atom is 0.424 e. The van der Waals surface area contributed by atoms with Crippen LogP contribution in [0, 0.1) is 5.82 Å². The van der Waals surface area contributed by atoms with Gasteiger partial charge in [-0.1, -0.05) is 6.07 Å². The molecule has 34 heavy (non-hydrogen) atoms. The molecule has 0 amide bonds. The van der Waals surface area contributed by atoms with Crippen molar-refractivity contribution in [2.45, 2.75) is 18.0 Å². The maximum absolute atomic E-state index is 13.9. The summed E-state index contributed by atoms with van der Waals surface area (Å²) in [7, 11) is 0. The summed E-state index contributed by atoms with van der Waals surface area (Å²) >= 11 is 0. The van der Waals surface area contributed by atoms with E-state index in [9.17, 15) is 35.8 Å². The first-order valence-corrected chi connectivity index (χ1v) is 9.72. The second kappa shape index (κ2) is 8.32. The van der Waals surface area contributed by atoms with E-state index in [4.69, 9.17) is 4.74 Å². The number of hydrogen-bond donors (Lipinski definition) is 1. The Labute approximate surface area is 187 Å². The minimum atomic E-state index is -5.17. The molecule has 1 N–H and O–H groups in total. The van der Waals surface area contributed by atoms with E-state index in [1.165, 1.54) is 41.2 Å². The fourth-order valence-electron chi connectivity index (χ4n) is 3.33. The number of fused-ring (bicyclic) bond motifs is 1. The highest BCUT2D eigenvalue weighted by atomic mass is 19.4. The van der Waals surface area contributed by atoms with Crippen LogP contribution in [0.4, 0.5) is 30.7 Å². The van der Waals surface area contributed by atoms with Gasteiger partial charge in [-0.15, -0.1) is 0 Å². The van der Waals surface area contributed by atoms with E-state index in [0.717, 1.165) is 24.3 Å². The predicted octanol–water partition coefficient (Wildman–Crippen LogP) is 6.01. The zero-order chi connectivity index (χ0) is 24.7. The first-order valence-electron chi connectivity index (χ1n) is 9.72. The highest BCUT2D eigenvalue weighted by Crippen LogP contribution is 2.41. The molecule has 1 unspecified atom stereocenters. The molecule has 0 spiro atoms. The molecule has 11 heteroatoms. The predicted molar refractivity (Wildman–Crippen MR) is 108 cm³/mol. The Morgan fingerprint density at radius 3 is 2.03 bits per heavy atom. The van der Waals surface area contributed by atoms with E-state index in [2.05, 4.69) is 5.10 Å². The van der Waals surface area contributed by atoms with Crippen LogP contribution in [0.1, 0.15) is 11.1 Å². The molecule has 1 aromatic heterocycles. The second-order valence-corrected chi connectivity index (χ2v) is 7.48. The Kier molecular flexibility index (Phi) is 5.76. The van der Waals surface area contributed by atoms with Gasteiger partial charge in [0.25, 0.3) is 0 Å². The molecular formula is C23H15F7N2O2. The lowest BCUT2D eigenvalue weighted by atomic mass is 9.93. The standard InChI is InChI=1S/C23H15F7N2O2/c24-17-4-6-18(7-5-17)32-20-10-3-16(11-14(20)12-31-32)21(33,23(28,29)30)13-34-19-8-1-15(2-9-19)22(25,26)27/h1-12,33H,13H2. The zero-order valence-electron chi connectivity index (χ0n) is 17.0. The van der Waals surface area contributed by atoms with Crippen LogP contribution in [-0.4, -0.2) is 27.7 Å². The molecule has 0 fully saturated rings. The summed E-state index contributed by atoms with van der Waals surface area (Å²) in [5.74, 6) is -0.744. The zero-order valence-corrected chi connectivity index (χ0v) is 17.0. The van der Waals surface area contributed by atoms with Gasteiger partial charge in [0, 0.05) is 5.39 Å². The van der Waals surface area contributed by atoms with Crippen LogP contribution in [0.2, 0.25) is 0 Å². The number of rotatable bonds is 5. The summed E-state index contributed by atoms with van der Waals surface area (Å²) in [5.41, 5.74) is -4.11. The smallest absolute Gasteiger partial charge is 0.424 e. The number of halogens is 7. The average molecular weight is 484 g/mol. The molecule has 3 aromatic carbocycles. The van der Waals surface area contributed by atoms with Gasteiger partial charge < -0.3 is 9.84 Å². The van der Waals surface area contributed by atoms with Gasteiger partial charge in [0.2, 0.25) is 5.60 Å². The van der Waals surface area contributed by atoms with Crippen LogP contribution in [-0.2, 0) is 11.8 Å². The van der Waals surface area contributed by atoms with E-state index in [1.54, 1.807) is 0 Å². The number of hydrogen-bond acceptors (Lipinski definition) is 3. The van der Waals surface area contributed by atoms with E-state index in [-0.39, 0.29) is 11.1 Å². The largest absolute Gasteiger partial charge is 0.490 e. The van der Waals surface area contributed by atoms with Gasteiger partial charge in [-0.2, -0.15) is 31.4 Å². The Balaban J connectivity index is 1.64. The van der Waals surface area contributed by atoms with E-state index in [0.29, 0.717) is 23.3 Å². The second-order valence-electron chi connectivity index (χ2n) is 7.48. The fraction of sp³-hybridized carbons (Fsp3) is 0.174. The molecule has 0 radical (unpaired) electrons. The Morgan fingerprint density at radius 1 is 0.824 bits per heavy atom. The van der Waals surface area contributed by atoms with Gasteiger partial charge >= 0.3 is 12.4 Å². The summed E-state index contributed by atoms with van der Waals surface area (Å²) < 4.78 is 99.3. The quantitative estimate of drug-likeness (QED) is 0.353. The maximum atomic E-state index is 13.9. The third-order valence-corrected chi connectivity index (χ3v) is 5.22. The Hall–Kier alpha value is -3.60. The number of alkyl halides is 6. The van der Waals surface area contributed by atoms with Gasteiger partial charge in [0.15, 0.2) is 0 Å².